The summed E-state index contributed by atoms with van der Waals surface area (Å²) in [7, 11) is 0. The van der Waals surface area contributed by atoms with E-state index in [1.165, 1.54) is 23.5 Å². The highest BCUT2D eigenvalue weighted by Gasteiger charge is 2.30. The van der Waals surface area contributed by atoms with Gasteiger partial charge in [-0.15, -0.1) is 11.3 Å². The van der Waals surface area contributed by atoms with Gasteiger partial charge in [0.05, 0.1) is 24.3 Å². The van der Waals surface area contributed by atoms with Gasteiger partial charge in [-0.05, 0) is 43.4 Å². The van der Waals surface area contributed by atoms with E-state index < -0.39 is 11.7 Å². The van der Waals surface area contributed by atoms with E-state index in [0.29, 0.717) is 36.9 Å². The number of fused-ring (bicyclic) bond motifs is 1. The molecule has 1 N–H and O–H groups in total. The average Bonchev–Trinajstić information content (AvgIpc) is 2.88. The largest absolute Gasteiger partial charge is 0.378 e. The summed E-state index contributed by atoms with van der Waals surface area (Å²) in [5.74, 6) is -1.16. The van der Waals surface area contributed by atoms with Crippen molar-refractivity contribution in [1.82, 2.24) is 4.90 Å². The number of benzene rings is 1. The number of hydrogen-bond acceptors (Lipinski definition) is 4. The number of nitrogens with zero attached hydrogens (tertiary/aromatic N) is 1. The summed E-state index contributed by atoms with van der Waals surface area (Å²) in [6, 6.07) is 5.89. The lowest BCUT2D eigenvalue weighted by Crippen LogP contribution is -2.41. The topological polar surface area (TPSA) is 58.6 Å². The van der Waals surface area contributed by atoms with Crippen molar-refractivity contribution in [2.45, 2.75) is 32.1 Å². The van der Waals surface area contributed by atoms with E-state index in [-0.39, 0.29) is 11.5 Å². The fourth-order valence-corrected chi connectivity index (χ4v) is 5.07. The van der Waals surface area contributed by atoms with Crippen molar-refractivity contribution in [3.63, 3.8) is 0 Å². The third-order valence-electron chi connectivity index (χ3n) is 5.28. The Morgan fingerprint density at radius 1 is 1.07 bits per heavy atom. The number of hydrogen-bond donors (Lipinski definition) is 1. The normalized spacial score (nSPS) is 17.0. The predicted octanol–water partition coefficient (Wildman–Crippen LogP) is 3.88. The Bertz CT molecular complexity index is 890. The minimum absolute atomic E-state index is 0.0177. The van der Waals surface area contributed by atoms with Gasteiger partial charge in [0.15, 0.2) is 0 Å². The number of thiophene rings is 1. The number of anilines is 1. The van der Waals surface area contributed by atoms with Gasteiger partial charge in [0, 0.05) is 18.0 Å². The van der Waals surface area contributed by atoms with Gasteiger partial charge in [0.25, 0.3) is 11.8 Å². The highest BCUT2D eigenvalue weighted by Crippen LogP contribution is 2.38. The van der Waals surface area contributed by atoms with Gasteiger partial charge < -0.3 is 15.0 Å². The molecule has 0 atom stereocenters. The molecule has 28 heavy (non-hydrogen) atoms. The molecule has 1 saturated heterocycles. The molecule has 1 aliphatic carbocycles. The maximum absolute atomic E-state index is 14.0. The second-order valence-corrected chi connectivity index (χ2v) is 8.21. The van der Waals surface area contributed by atoms with Crippen molar-refractivity contribution in [2.24, 2.45) is 0 Å². The van der Waals surface area contributed by atoms with Gasteiger partial charge in [-0.25, -0.2) is 4.39 Å². The van der Waals surface area contributed by atoms with Crippen LogP contribution in [0.1, 0.15) is 50.4 Å². The Morgan fingerprint density at radius 2 is 1.82 bits per heavy atom. The van der Waals surface area contributed by atoms with Crippen molar-refractivity contribution in [3.05, 3.63) is 51.7 Å². The fraction of sp³-hybridized carbons (Fsp3) is 0.429. The molecule has 0 spiro atoms. The lowest BCUT2D eigenvalue weighted by Gasteiger charge is -2.27. The van der Waals surface area contributed by atoms with Crippen molar-refractivity contribution < 1.29 is 18.7 Å². The van der Waals surface area contributed by atoms with Crippen LogP contribution in [0.25, 0.3) is 0 Å². The van der Waals surface area contributed by atoms with Crippen molar-refractivity contribution in [2.75, 3.05) is 31.6 Å². The molecule has 2 aromatic rings. The Morgan fingerprint density at radius 3 is 2.61 bits per heavy atom. The summed E-state index contributed by atoms with van der Waals surface area (Å²) in [4.78, 5) is 28.9. The van der Waals surface area contributed by atoms with Crippen LogP contribution < -0.4 is 5.32 Å². The number of carbonyl (C=O) groups is 2. The molecule has 4 rings (SSSR count). The molecular weight excluding hydrogens is 379 g/mol. The smallest absolute Gasteiger partial charge is 0.259 e. The standard InChI is InChI=1S/C21H23FN2O3S/c22-16-8-5-4-6-14(16)19(25)23-20-18(21(26)24-10-12-27-13-11-24)15-7-2-1-3-9-17(15)28-20/h4-6,8H,1-3,7,9-13H2,(H,23,25). The third kappa shape index (κ3) is 3.82. The summed E-state index contributed by atoms with van der Waals surface area (Å²) < 4.78 is 19.4. The van der Waals surface area contributed by atoms with Crippen molar-refractivity contribution >= 4 is 28.2 Å². The molecule has 1 aliphatic heterocycles. The molecule has 1 aromatic carbocycles. The van der Waals surface area contributed by atoms with E-state index in [2.05, 4.69) is 5.32 Å². The first kappa shape index (κ1) is 19.1. The summed E-state index contributed by atoms with van der Waals surface area (Å²) in [6.07, 6.45) is 5.02. The lowest BCUT2D eigenvalue weighted by molar-refractivity contribution is 0.0303. The highest BCUT2D eigenvalue weighted by molar-refractivity contribution is 7.17. The molecular formula is C21H23FN2O3S. The van der Waals surface area contributed by atoms with E-state index in [1.807, 2.05) is 0 Å². The van der Waals surface area contributed by atoms with Gasteiger partial charge in [-0.3, -0.25) is 9.59 Å². The number of nitrogens with one attached hydrogen (secondary N) is 1. The van der Waals surface area contributed by atoms with Crippen LogP contribution in [0.5, 0.6) is 0 Å². The number of aryl methyl sites for hydroxylation is 1. The quantitative estimate of drug-likeness (QED) is 0.793. The molecule has 148 valence electrons. The molecule has 0 saturated carbocycles. The van der Waals surface area contributed by atoms with Crippen LogP contribution in [0, 0.1) is 5.82 Å². The summed E-state index contributed by atoms with van der Waals surface area (Å²) >= 11 is 1.46. The lowest BCUT2D eigenvalue weighted by atomic mass is 10.0. The van der Waals surface area contributed by atoms with Gasteiger partial charge in [-0.2, -0.15) is 0 Å². The van der Waals surface area contributed by atoms with Gasteiger partial charge in [0.2, 0.25) is 0 Å². The molecule has 0 bridgehead atoms. The van der Waals surface area contributed by atoms with Crippen molar-refractivity contribution in [1.29, 1.82) is 0 Å². The zero-order valence-electron chi connectivity index (χ0n) is 15.6. The second-order valence-electron chi connectivity index (χ2n) is 7.11. The van der Waals surface area contributed by atoms with E-state index in [4.69, 9.17) is 4.74 Å². The van der Waals surface area contributed by atoms with E-state index in [1.54, 1.807) is 17.0 Å². The second kappa shape index (κ2) is 8.41. The van der Waals surface area contributed by atoms with Crippen LogP contribution >= 0.6 is 11.3 Å². The van der Waals surface area contributed by atoms with Crippen LogP contribution in [-0.4, -0.2) is 43.0 Å². The molecule has 0 unspecified atom stereocenters. The van der Waals surface area contributed by atoms with Crippen LogP contribution in [0.15, 0.2) is 24.3 Å². The maximum atomic E-state index is 14.0. The molecule has 1 fully saturated rings. The fourth-order valence-electron chi connectivity index (χ4n) is 3.80. The molecule has 2 amide bonds. The van der Waals surface area contributed by atoms with Crippen LogP contribution in [0.3, 0.4) is 0 Å². The maximum Gasteiger partial charge on any atom is 0.259 e. The minimum Gasteiger partial charge on any atom is -0.378 e. The van der Waals surface area contributed by atoms with Crippen LogP contribution in [-0.2, 0) is 17.6 Å². The van der Waals surface area contributed by atoms with Gasteiger partial charge in [0.1, 0.15) is 10.8 Å². The van der Waals surface area contributed by atoms with Crippen molar-refractivity contribution in [3.8, 4) is 0 Å². The highest BCUT2D eigenvalue weighted by atomic mass is 32.1. The Balaban J connectivity index is 1.69. The van der Waals surface area contributed by atoms with E-state index in [0.717, 1.165) is 42.5 Å². The molecule has 5 nitrogen and oxygen atoms in total. The first-order valence-electron chi connectivity index (χ1n) is 9.72. The van der Waals surface area contributed by atoms with E-state index >= 15 is 0 Å². The molecule has 2 aliphatic rings. The number of ether oxygens (including phenoxy) is 1. The van der Waals surface area contributed by atoms with E-state index in [9.17, 15) is 14.0 Å². The Hall–Kier alpha value is -2.25. The number of carbonyl (C=O) groups excluding carboxylic acids is 2. The Kier molecular flexibility index (Phi) is 5.73. The summed E-state index contributed by atoms with van der Waals surface area (Å²) in [5, 5.41) is 3.36. The monoisotopic (exact) mass is 402 g/mol. The zero-order valence-corrected chi connectivity index (χ0v) is 16.4. The number of amides is 2. The SMILES string of the molecule is O=C(Nc1sc2c(c1C(=O)N1CCOCC1)CCCCC2)c1ccccc1F. The number of morpholine rings is 1. The minimum atomic E-state index is -0.570. The summed E-state index contributed by atoms with van der Waals surface area (Å²) in [6.45, 7) is 2.14. The zero-order chi connectivity index (χ0) is 19.5. The number of halogens is 1. The molecule has 2 heterocycles. The predicted molar refractivity (Wildman–Crippen MR) is 107 cm³/mol. The third-order valence-corrected chi connectivity index (χ3v) is 6.49. The number of rotatable bonds is 3. The summed E-state index contributed by atoms with van der Waals surface area (Å²) in [5.41, 5.74) is 1.63. The van der Waals surface area contributed by atoms with Crippen LogP contribution in [0.2, 0.25) is 0 Å². The van der Waals surface area contributed by atoms with Gasteiger partial charge in [-0.1, -0.05) is 18.6 Å². The van der Waals surface area contributed by atoms with Crippen LogP contribution in [0.4, 0.5) is 9.39 Å². The Labute approximate surface area is 167 Å². The molecule has 0 radical (unpaired) electrons. The average molecular weight is 402 g/mol. The van der Waals surface area contributed by atoms with Gasteiger partial charge >= 0.3 is 0 Å². The first-order chi connectivity index (χ1) is 13.6. The molecule has 1 aromatic heterocycles. The first-order valence-corrected chi connectivity index (χ1v) is 10.5. The molecule has 7 heteroatoms.